The maximum absolute atomic E-state index is 9.41. The summed E-state index contributed by atoms with van der Waals surface area (Å²) in [4.78, 5) is 0. The van der Waals surface area contributed by atoms with Gasteiger partial charge in [-0.15, -0.1) is 0 Å². The molecule has 0 bridgehead atoms. The quantitative estimate of drug-likeness (QED) is 0.676. The van der Waals surface area contributed by atoms with Crippen LogP contribution in [0.15, 0.2) is 18.2 Å². The van der Waals surface area contributed by atoms with Crippen molar-refractivity contribution in [1.82, 2.24) is 0 Å². The van der Waals surface area contributed by atoms with E-state index in [1.807, 2.05) is 13.0 Å². The first kappa shape index (κ1) is 13.9. The van der Waals surface area contributed by atoms with Crippen molar-refractivity contribution < 1.29 is 9.84 Å². The zero-order chi connectivity index (χ0) is 12.5. The number of phenolic OH excluding ortho intramolecular Hbond substituents is 1. The van der Waals surface area contributed by atoms with E-state index in [4.69, 9.17) is 4.74 Å². The van der Waals surface area contributed by atoms with Crippen molar-refractivity contribution in [3.8, 4) is 11.5 Å². The number of aryl methyl sites for hydroxylation is 1. The highest BCUT2D eigenvalue weighted by Crippen LogP contribution is 2.21. The Hall–Kier alpha value is -1.18. The molecule has 0 unspecified atom stereocenters. The highest BCUT2D eigenvalue weighted by atomic mass is 16.5. The Balaban J connectivity index is 2.13. The zero-order valence-electron chi connectivity index (χ0n) is 11.0. The number of rotatable bonds is 8. The molecule has 0 aliphatic carbocycles. The first-order valence-electron chi connectivity index (χ1n) is 6.66. The van der Waals surface area contributed by atoms with Crippen LogP contribution in [0, 0.1) is 6.92 Å². The van der Waals surface area contributed by atoms with E-state index in [9.17, 15) is 5.11 Å². The Morgan fingerprint density at radius 1 is 1.00 bits per heavy atom. The van der Waals surface area contributed by atoms with Gasteiger partial charge in [-0.1, -0.05) is 39.0 Å². The van der Waals surface area contributed by atoms with Crippen LogP contribution >= 0.6 is 0 Å². The fraction of sp³-hybridized carbons (Fsp3) is 0.600. The summed E-state index contributed by atoms with van der Waals surface area (Å²) in [7, 11) is 0. The van der Waals surface area contributed by atoms with Crippen LogP contribution in [0.2, 0.25) is 0 Å². The molecule has 2 heteroatoms. The molecule has 1 aromatic carbocycles. The molecule has 0 fully saturated rings. The normalized spacial score (nSPS) is 10.5. The van der Waals surface area contributed by atoms with Crippen molar-refractivity contribution in [2.24, 2.45) is 0 Å². The Morgan fingerprint density at radius 2 is 1.71 bits per heavy atom. The maximum Gasteiger partial charge on any atom is 0.123 e. The summed E-state index contributed by atoms with van der Waals surface area (Å²) in [5.41, 5.74) is 1.03. The molecule has 0 heterocycles. The van der Waals surface area contributed by atoms with Gasteiger partial charge in [0.05, 0.1) is 6.61 Å². The van der Waals surface area contributed by atoms with Crippen LogP contribution in [0.4, 0.5) is 0 Å². The van der Waals surface area contributed by atoms with Crippen LogP contribution in [0.25, 0.3) is 0 Å². The fourth-order valence-corrected chi connectivity index (χ4v) is 1.88. The van der Waals surface area contributed by atoms with Crippen molar-refractivity contribution in [3.63, 3.8) is 0 Å². The van der Waals surface area contributed by atoms with Gasteiger partial charge in [0.25, 0.3) is 0 Å². The molecular formula is C15H24O2. The molecule has 0 amide bonds. The molecular weight excluding hydrogens is 212 g/mol. The zero-order valence-corrected chi connectivity index (χ0v) is 11.0. The van der Waals surface area contributed by atoms with Crippen molar-refractivity contribution in [1.29, 1.82) is 0 Å². The second-order valence-electron chi connectivity index (χ2n) is 4.62. The highest BCUT2D eigenvalue weighted by molar-refractivity contribution is 5.36. The third-order valence-corrected chi connectivity index (χ3v) is 2.80. The van der Waals surface area contributed by atoms with E-state index in [1.165, 1.54) is 32.1 Å². The molecule has 0 saturated heterocycles. The number of unbranched alkanes of at least 4 members (excludes halogenated alkanes) is 5. The van der Waals surface area contributed by atoms with Gasteiger partial charge in [-0.2, -0.15) is 0 Å². The average Bonchev–Trinajstić information content (AvgIpc) is 2.26. The summed E-state index contributed by atoms with van der Waals surface area (Å²) in [5.74, 6) is 1.05. The van der Waals surface area contributed by atoms with Crippen molar-refractivity contribution in [2.45, 2.75) is 52.4 Å². The summed E-state index contributed by atoms with van der Waals surface area (Å²) >= 11 is 0. The van der Waals surface area contributed by atoms with Gasteiger partial charge in [-0.3, -0.25) is 0 Å². The summed E-state index contributed by atoms with van der Waals surface area (Å²) in [5, 5.41) is 9.41. The molecule has 0 radical (unpaired) electrons. The second-order valence-corrected chi connectivity index (χ2v) is 4.62. The van der Waals surface area contributed by atoms with Gasteiger partial charge >= 0.3 is 0 Å². The van der Waals surface area contributed by atoms with Crippen molar-refractivity contribution >= 4 is 0 Å². The summed E-state index contributed by atoms with van der Waals surface area (Å²) < 4.78 is 5.61. The maximum atomic E-state index is 9.41. The number of benzene rings is 1. The van der Waals surface area contributed by atoms with E-state index in [-0.39, 0.29) is 5.75 Å². The van der Waals surface area contributed by atoms with Crippen LogP contribution in [0.3, 0.4) is 0 Å². The first-order chi connectivity index (χ1) is 8.22. The van der Waals surface area contributed by atoms with E-state index in [2.05, 4.69) is 6.92 Å². The predicted octanol–water partition coefficient (Wildman–Crippen LogP) is 4.44. The van der Waals surface area contributed by atoms with Gasteiger partial charge in [0.15, 0.2) is 0 Å². The minimum absolute atomic E-state index is 0.281. The van der Waals surface area contributed by atoms with Gasteiger partial charge in [0.2, 0.25) is 0 Å². The number of aromatic hydroxyl groups is 1. The molecule has 0 aliphatic heterocycles. The molecule has 0 saturated carbocycles. The lowest BCUT2D eigenvalue weighted by atomic mass is 10.1. The SMILES string of the molecule is CCCCCCCCOc1cc(C)cc(O)c1. The van der Waals surface area contributed by atoms with Crippen LogP contribution in [-0.4, -0.2) is 11.7 Å². The van der Waals surface area contributed by atoms with Crippen LogP contribution in [-0.2, 0) is 0 Å². The lowest BCUT2D eigenvalue weighted by Gasteiger charge is -2.07. The Kier molecular flexibility index (Phi) is 6.53. The van der Waals surface area contributed by atoms with Gasteiger partial charge in [-0.05, 0) is 31.0 Å². The third-order valence-electron chi connectivity index (χ3n) is 2.80. The largest absolute Gasteiger partial charge is 0.508 e. The monoisotopic (exact) mass is 236 g/mol. The smallest absolute Gasteiger partial charge is 0.123 e. The number of hydrogen-bond acceptors (Lipinski definition) is 2. The molecule has 0 aromatic heterocycles. The van der Waals surface area contributed by atoms with E-state index in [0.717, 1.165) is 24.3 Å². The lowest BCUT2D eigenvalue weighted by molar-refractivity contribution is 0.302. The molecule has 2 nitrogen and oxygen atoms in total. The van der Waals surface area contributed by atoms with Gasteiger partial charge < -0.3 is 9.84 Å². The van der Waals surface area contributed by atoms with Crippen LogP contribution < -0.4 is 4.74 Å². The molecule has 17 heavy (non-hydrogen) atoms. The summed E-state index contributed by atoms with van der Waals surface area (Å²) in [6.07, 6.45) is 7.60. The topological polar surface area (TPSA) is 29.5 Å². The second kappa shape index (κ2) is 7.99. The van der Waals surface area contributed by atoms with Crippen LogP contribution in [0.5, 0.6) is 11.5 Å². The predicted molar refractivity (Wildman–Crippen MR) is 71.7 cm³/mol. The van der Waals surface area contributed by atoms with Crippen LogP contribution in [0.1, 0.15) is 51.0 Å². The fourth-order valence-electron chi connectivity index (χ4n) is 1.88. The molecule has 1 rings (SSSR count). The van der Waals surface area contributed by atoms with Gasteiger partial charge in [0.1, 0.15) is 11.5 Å². The van der Waals surface area contributed by atoms with E-state index >= 15 is 0 Å². The minimum Gasteiger partial charge on any atom is -0.508 e. The van der Waals surface area contributed by atoms with Gasteiger partial charge in [-0.25, -0.2) is 0 Å². The van der Waals surface area contributed by atoms with Crippen molar-refractivity contribution in [2.75, 3.05) is 6.61 Å². The molecule has 0 aliphatic rings. The molecule has 0 atom stereocenters. The standard InChI is InChI=1S/C15H24O2/c1-3-4-5-6-7-8-9-17-15-11-13(2)10-14(16)12-15/h10-12,16H,3-9H2,1-2H3. The van der Waals surface area contributed by atoms with Crippen molar-refractivity contribution in [3.05, 3.63) is 23.8 Å². The minimum atomic E-state index is 0.281. The Morgan fingerprint density at radius 3 is 2.41 bits per heavy atom. The van der Waals surface area contributed by atoms with Gasteiger partial charge in [0, 0.05) is 6.07 Å². The molecule has 96 valence electrons. The van der Waals surface area contributed by atoms with E-state index < -0.39 is 0 Å². The molecule has 1 N–H and O–H groups in total. The van der Waals surface area contributed by atoms with E-state index in [1.54, 1.807) is 12.1 Å². The summed E-state index contributed by atoms with van der Waals surface area (Å²) in [6, 6.07) is 5.36. The number of phenols is 1. The molecule has 0 spiro atoms. The Bertz CT molecular complexity index is 300. The van der Waals surface area contributed by atoms with E-state index in [0.29, 0.717) is 0 Å². The third kappa shape index (κ3) is 6.20. The highest BCUT2D eigenvalue weighted by Gasteiger charge is 1.98. The molecule has 1 aromatic rings. The number of hydrogen-bond donors (Lipinski definition) is 1. The summed E-state index contributed by atoms with van der Waals surface area (Å²) in [6.45, 7) is 4.93. The first-order valence-corrected chi connectivity index (χ1v) is 6.66. The lowest BCUT2D eigenvalue weighted by Crippen LogP contribution is -1.97. The average molecular weight is 236 g/mol. The Labute approximate surface area is 105 Å². The number of ether oxygens (including phenoxy) is 1.